The topological polar surface area (TPSA) is 61.4 Å². The lowest BCUT2D eigenvalue weighted by molar-refractivity contribution is -0.127. The lowest BCUT2D eigenvalue weighted by Crippen LogP contribution is -2.48. The summed E-state index contributed by atoms with van der Waals surface area (Å²) in [4.78, 5) is 25.7. The van der Waals surface area contributed by atoms with Gasteiger partial charge >= 0.3 is 6.03 Å². The zero-order valence-corrected chi connectivity index (χ0v) is 13.1. The largest absolute Gasteiger partial charge is 0.354 e. The first-order chi connectivity index (χ1) is 11.1. The van der Waals surface area contributed by atoms with E-state index in [0.717, 1.165) is 24.8 Å². The fraction of sp³-hybridized carbons (Fsp3) is 0.529. The molecular formula is C17H22FN3O2. The number of rotatable bonds is 6. The molecule has 1 aromatic carbocycles. The Bertz CT molecular complexity index is 589. The van der Waals surface area contributed by atoms with E-state index in [1.54, 1.807) is 11.0 Å². The van der Waals surface area contributed by atoms with Gasteiger partial charge < -0.3 is 15.5 Å². The number of carbonyl (C=O) groups is 2. The Morgan fingerprint density at radius 2 is 2.26 bits per heavy atom. The van der Waals surface area contributed by atoms with Crippen molar-refractivity contribution in [2.75, 3.05) is 19.6 Å². The lowest BCUT2D eigenvalue weighted by Gasteiger charge is -2.29. The number of halogens is 1. The van der Waals surface area contributed by atoms with Gasteiger partial charge in [-0.05, 0) is 37.0 Å². The number of benzene rings is 1. The Morgan fingerprint density at radius 1 is 1.43 bits per heavy atom. The predicted molar refractivity (Wildman–Crippen MR) is 84.3 cm³/mol. The molecule has 3 amide bonds. The normalized spacial score (nSPS) is 19.2. The van der Waals surface area contributed by atoms with Gasteiger partial charge in [0.05, 0.1) is 6.04 Å². The first-order valence-electron chi connectivity index (χ1n) is 8.20. The second-order valence-corrected chi connectivity index (χ2v) is 6.29. The Kier molecular flexibility index (Phi) is 4.79. The second kappa shape index (κ2) is 6.98. The van der Waals surface area contributed by atoms with Crippen LogP contribution in [0.5, 0.6) is 0 Å². The van der Waals surface area contributed by atoms with E-state index in [1.165, 1.54) is 12.1 Å². The highest BCUT2D eigenvalue weighted by Gasteiger charge is 2.30. The molecule has 1 aliphatic heterocycles. The van der Waals surface area contributed by atoms with Crippen molar-refractivity contribution in [3.63, 3.8) is 0 Å². The van der Waals surface area contributed by atoms with E-state index in [-0.39, 0.29) is 29.7 Å². The quantitative estimate of drug-likeness (QED) is 0.838. The molecule has 6 heteroatoms. The zero-order valence-electron chi connectivity index (χ0n) is 13.1. The van der Waals surface area contributed by atoms with Crippen LogP contribution < -0.4 is 10.6 Å². The average Bonchev–Trinajstić information content (AvgIpc) is 2.88. The molecule has 2 aliphatic rings. The molecule has 2 N–H and O–H groups in total. The molecule has 1 saturated heterocycles. The maximum atomic E-state index is 13.4. The first kappa shape index (κ1) is 15.8. The van der Waals surface area contributed by atoms with Crippen LogP contribution in [0, 0.1) is 11.7 Å². The van der Waals surface area contributed by atoms with Gasteiger partial charge in [0.25, 0.3) is 0 Å². The molecule has 1 heterocycles. The summed E-state index contributed by atoms with van der Waals surface area (Å²) < 4.78 is 13.4. The van der Waals surface area contributed by atoms with Gasteiger partial charge in [0.2, 0.25) is 5.91 Å². The van der Waals surface area contributed by atoms with Crippen LogP contribution in [0.15, 0.2) is 24.3 Å². The molecule has 0 aromatic heterocycles. The van der Waals surface area contributed by atoms with Gasteiger partial charge in [-0.1, -0.05) is 18.6 Å². The van der Waals surface area contributed by atoms with Gasteiger partial charge in [0, 0.05) is 25.6 Å². The molecular weight excluding hydrogens is 297 g/mol. The minimum absolute atomic E-state index is 0.0695. The third-order valence-electron chi connectivity index (χ3n) is 4.68. The number of hydrogen-bond donors (Lipinski definition) is 2. The molecule has 0 spiro atoms. The van der Waals surface area contributed by atoms with E-state index >= 15 is 0 Å². The zero-order chi connectivity index (χ0) is 16.2. The van der Waals surface area contributed by atoms with Crippen molar-refractivity contribution in [1.82, 2.24) is 15.5 Å². The fourth-order valence-corrected chi connectivity index (χ4v) is 3.10. The maximum Gasteiger partial charge on any atom is 0.317 e. The number of urea groups is 1. The third-order valence-corrected chi connectivity index (χ3v) is 4.68. The molecule has 5 nitrogen and oxygen atoms in total. The maximum absolute atomic E-state index is 13.4. The third kappa shape index (κ3) is 3.81. The van der Waals surface area contributed by atoms with Crippen molar-refractivity contribution in [3.05, 3.63) is 35.6 Å². The minimum Gasteiger partial charge on any atom is -0.354 e. The van der Waals surface area contributed by atoms with Crippen LogP contribution in [-0.2, 0) is 11.2 Å². The SMILES string of the molecule is O=C(NCC(Cc1cccc(F)c1)N1CCNC1=O)C1CCC1. The van der Waals surface area contributed by atoms with Gasteiger partial charge in [0.15, 0.2) is 0 Å². The van der Waals surface area contributed by atoms with Crippen LogP contribution in [0.1, 0.15) is 24.8 Å². The predicted octanol–water partition coefficient (Wildman–Crippen LogP) is 1.68. The molecule has 3 rings (SSSR count). The van der Waals surface area contributed by atoms with Crippen molar-refractivity contribution in [1.29, 1.82) is 0 Å². The van der Waals surface area contributed by atoms with Crippen LogP contribution in [0.3, 0.4) is 0 Å². The number of nitrogens with one attached hydrogen (secondary N) is 2. The first-order valence-corrected chi connectivity index (χ1v) is 8.20. The van der Waals surface area contributed by atoms with E-state index in [1.807, 2.05) is 6.07 Å². The highest BCUT2D eigenvalue weighted by atomic mass is 19.1. The molecule has 124 valence electrons. The number of carbonyl (C=O) groups excluding carboxylic acids is 2. The second-order valence-electron chi connectivity index (χ2n) is 6.29. The lowest BCUT2D eigenvalue weighted by atomic mass is 9.85. The molecule has 2 fully saturated rings. The minimum atomic E-state index is -0.286. The molecule has 1 atom stereocenters. The van der Waals surface area contributed by atoms with Gasteiger partial charge in [-0.15, -0.1) is 0 Å². The molecule has 1 saturated carbocycles. The van der Waals surface area contributed by atoms with Crippen molar-refractivity contribution < 1.29 is 14.0 Å². The van der Waals surface area contributed by atoms with E-state index in [4.69, 9.17) is 0 Å². The fourth-order valence-electron chi connectivity index (χ4n) is 3.10. The van der Waals surface area contributed by atoms with Crippen LogP contribution in [0.4, 0.5) is 9.18 Å². The Balaban J connectivity index is 1.65. The summed E-state index contributed by atoms with van der Waals surface area (Å²) in [6.45, 7) is 1.62. The summed E-state index contributed by atoms with van der Waals surface area (Å²) in [6.07, 6.45) is 3.53. The number of hydrogen-bond acceptors (Lipinski definition) is 2. The Morgan fingerprint density at radius 3 is 2.87 bits per heavy atom. The summed E-state index contributed by atoms with van der Waals surface area (Å²) in [6, 6.07) is 6.11. The van der Waals surface area contributed by atoms with Gasteiger partial charge in [-0.3, -0.25) is 4.79 Å². The summed E-state index contributed by atoms with van der Waals surface area (Å²) in [5.41, 5.74) is 0.826. The summed E-state index contributed by atoms with van der Waals surface area (Å²) >= 11 is 0. The van der Waals surface area contributed by atoms with Crippen molar-refractivity contribution >= 4 is 11.9 Å². The van der Waals surface area contributed by atoms with Crippen LogP contribution in [-0.4, -0.2) is 42.5 Å². The van der Waals surface area contributed by atoms with Crippen molar-refractivity contribution in [2.24, 2.45) is 5.92 Å². The number of amides is 3. The molecule has 0 radical (unpaired) electrons. The Labute approximate surface area is 135 Å². The Hall–Kier alpha value is -2.11. The van der Waals surface area contributed by atoms with Crippen LogP contribution >= 0.6 is 0 Å². The van der Waals surface area contributed by atoms with E-state index in [2.05, 4.69) is 10.6 Å². The van der Waals surface area contributed by atoms with Gasteiger partial charge in [-0.2, -0.15) is 0 Å². The number of nitrogens with zero attached hydrogens (tertiary/aromatic N) is 1. The molecule has 1 unspecified atom stereocenters. The van der Waals surface area contributed by atoms with Crippen molar-refractivity contribution in [2.45, 2.75) is 31.7 Å². The standard InChI is InChI=1S/C17H22FN3O2/c18-14-6-1-3-12(9-14)10-15(21-8-7-19-17(21)23)11-20-16(22)13-4-2-5-13/h1,3,6,9,13,15H,2,4-5,7-8,10-11H2,(H,19,23)(H,20,22). The molecule has 1 aliphatic carbocycles. The molecule has 23 heavy (non-hydrogen) atoms. The monoisotopic (exact) mass is 319 g/mol. The van der Waals surface area contributed by atoms with E-state index in [0.29, 0.717) is 26.1 Å². The average molecular weight is 319 g/mol. The molecule has 0 bridgehead atoms. The van der Waals surface area contributed by atoms with E-state index in [9.17, 15) is 14.0 Å². The van der Waals surface area contributed by atoms with Crippen molar-refractivity contribution in [3.8, 4) is 0 Å². The highest BCUT2D eigenvalue weighted by molar-refractivity contribution is 5.80. The molecule has 1 aromatic rings. The highest BCUT2D eigenvalue weighted by Crippen LogP contribution is 2.26. The summed E-state index contributed by atoms with van der Waals surface area (Å²) in [7, 11) is 0. The van der Waals surface area contributed by atoms with E-state index < -0.39 is 0 Å². The smallest absolute Gasteiger partial charge is 0.317 e. The van der Waals surface area contributed by atoms with Crippen LogP contribution in [0.2, 0.25) is 0 Å². The van der Waals surface area contributed by atoms with Crippen LogP contribution in [0.25, 0.3) is 0 Å². The summed E-state index contributed by atoms with van der Waals surface area (Å²) in [5, 5.41) is 5.74. The summed E-state index contributed by atoms with van der Waals surface area (Å²) in [5.74, 6) is -0.0945. The van der Waals surface area contributed by atoms with Gasteiger partial charge in [0.1, 0.15) is 5.82 Å². The van der Waals surface area contributed by atoms with Gasteiger partial charge in [-0.25, -0.2) is 9.18 Å².